The fraction of sp³-hybridized carbons (Fsp3) is 0.538. The van der Waals surface area contributed by atoms with E-state index in [9.17, 15) is 8.42 Å². The van der Waals surface area contributed by atoms with Gasteiger partial charge in [0.2, 0.25) is 10.0 Å². The average molecular weight is 285 g/mol. The second-order valence-corrected chi connectivity index (χ2v) is 6.71. The molecule has 0 amide bonds. The molecule has 108 valence electrons. The molecule has 0 heterocycles. The molecule has 19 heavy (non-hydrogen) atoms. The standard InChI is InChI=1S/C13H23N3O2S/c1-6-16(9(2)3)19(17,18)13-10(4)7-12(15-14)8-11(13)5/h7-9,15H,6,14H2,1-5H3. The molecule has 0 saturated heterocycles. The van der Waals surface area contributed by atoms with Gasteiger partial charge < -0.3 is 5.43 Å². The van der Waals surface area contributed by atoms with Crippen LogP contribution in [0.15, 0.2) is 17.0 Å². The molecular formula is C13H23N3O2S. The molecule has 0 bridgehead atoms. The monoisotopic (exact) mass is 285 g/mol. The highest BCUT2D eigenvalue weighted by Crippen LogP contribution is 2.27. The van der Waals surface area contributed by atoms with Crippen LogP contribution in [0.4, 0.5) is 5.69 Å². The lowest BCUT2D eigenvalue weighted by Gasteiger charge is -2.26. The third-order valence-corrected chi connectivity index (χ3v) is 5.54. The first-order valence-corrected chi connectivity index (χ1v) is 7.79. The van der Waals surface area contributed by atoms with Crippen LogP contribution in [0, 0.1) is 13.8 Å². The Morgan fingerprint density at radius 3 is 2.05 bits per heavy atom. The molecule has 0 spiro atoms. The van der Waals surface area contributed by atoms with Gasteiger partial charge in [-0.15, -0.1) is 0 Å². The van der Waals surface area contributed by atoms with E-state index in [2.05, 4.69) is 5.43 Å². The topological polar surface area (TPSA) is 75.4 Å². The molecule has 1 aromatic carbocycles. The predicted molar refractivity (Wildman–Crippen MR) is 78.4 cm³/mol. The zero-order valence-corrected chi connectivity index (χ0v) is 13.0. The van der Waals surface area contributed by atoms with Crippen LogP contribution in [-0.4, -0.2) is 25.3 Å². The van der Waals surface area contributed by atoms with Crippen LogP contribution in [-0.2, 0) is 10.0 Å². The first kappa shape index (κ1) is 15.9. The molecule has 1 aromatic rings. The molecule has 3 N–H and O–H groups in total. The van der Waals surface area contributed by atoms with Gasteiger partial charge in [0.1, 0.15) is 0 Å². The Morgan fingerprint density at radius 2 is 1.74 bits per heavy atom. The summed E-state index contributed by atoms with van der Waals surface area (Å²) in [5, 5.41) is 0. The van der Waals surface area contributed by atoms with Crippen LogP contribution >= 0.6 is 0 Å². The van der Waals surface area contributed by atoms with Crippen LogP contribution in [0.1, 0.15) is 31.9 Å². The van der Waals surface area contributed by atoms with Crippen LogP contribution in [0.25, 0.3) is 0 Å². The summed E-state index contributed by atoms with van der Waals surface area (Å²) < 4.78 is 26.9. The van der Waals surface area contributed by atoms with Crippen molar-refractivity contribution in [2.24, 2.45) is 5.84 Å². The average Bonchev–Trinajstić information content (AvgIpc) is 2.27. The number of sulfonamides is 1. The number of hydrogen-bond acceptors (Lipinski definition) is 4. The van der Waals surface area contributed by atoms with Crippen molar-refractivity contribution in [1.82, 2.24) is 4.31 Å². The van der Waals surface area contributed by atoms with Gasteiger partial charge in [0.25, 0.3) is 0 Å². The minimum Gasteiger partial charge on any atom is -0.324 e. The van der Waals surface area contributed by atoms with Gasteiger partial charge in [-0.25, -0.2) is 8.42 Å². The molecular weight excluding hydrogens is 262 g/mol. The van der Waals surface area contributed by atoms with E-state index >= 15 is 0 Å². The molecule has 5 nitrogen and oxygen atoms in total. The van der Waals surface area contributed by atoms with Gasteiger partial charge in [-0.1, -0.05) is 6.92 Å². The van der Waals surface area contributed by atoms with E-state index < -0.39 is 10.0 Å². The van der Waals surface area contributed by atoms with Gasteiger partial charge in [-0.3, -0.25) is 5.84 Å². The fourth-order valence-corrected chi connectivity index (χ4v) is 4.43. The largest absolute Gasteiger partial charge is 0.324 e. The third kappa shape index (κ3) is 3.08. The molecule has 1 rings (SSSR count). The van der Waals surface area contributed by atoms with E-state index in [1.165, 1.54) is 4.31 Å². The number of hydrogen-bond donors (Lipinski definition) is 2. The second kappa shape index (κ2) is 5.90. The van der Waals surface area contributed by atoms with Crippen molar-refractivity contribution < 1.29 is 8.42 Å². The molecule has 0 fully saturated rings. The first-order valence-electron chi connectivity index (χ1n) is 6.35. The van der Waals surface area contributed by atoms with Gasteiger partial charge in [-0.2, -0.15) is 4.31 Å². The number of anilines is 1. The number of nitrogens with zero attached hydrogens (tertiary/aromatic N) is 1. The van der Waals surface area contributed by atoms with E-state index in [1.807, 2.05) is 20.8 Å². The molecule has 0 aromatic heterocycles. The van der Waals surface area contributed by atoms with E-state index in [0.717, 1.165) is 0 Å². The Kier molecular flexibility index (Phi) is 4.95. The van der Waals surface area contributed by atoms with E-state index in [4.69, 9.17) is 5.84 Å². The molecule has 6 heteroatoms. The minimum absolute atomic E-state index is 0.0684. The van der Waals surface area contributed by atoms with Gasteiger partial charge in [0.05, 0.1) is 4.90 Å². The van der Waals surface area contributed by atoms with Gasteiger partial charge >= 0.3 is 0 Å². The Bertz CT molecular complexity index is 530. The zero-order valence-electron chi connectivity index (χ0n) is 12.2. The maximum Gasteiger partial charge on any atom is 0.243 e. The third-order valence-electron chi connectivity index (χ3n) is 3.08. The van der Waals surface area contributed by atoms with E-state index in [-0.39, 0.29) is 6.04 Å². The second-order valence-electron chi connectivity index (χ2n) is 4.89. The summed E-state index contributed by atoms with van der Waals surface area (Å²) in [6.45, 7) is 9.63. The van der Waals surface area contributed by atoms with Crippen molar-refractivity contribution >= 4 is 15.7 Å². The maximum atomic E-state index is 12.7. The molecule has 0 aliphatic carbocycles. The van der Waals surface area contributed by atoms with Crippen molar-refractivity contribution in [2.45, 2.75) is 45.6 Å². The SMILES string of the molecule is CCN(C(C)C)S(=O)(=O)c1c(C)cc(NN)cc1C. The highest BCUT2D eigenvalue weighted by molar-refractivity contribution is 7.89. The molecule has 0 aliphatic heterocycles. The molecule has 0 radical (unpaired) electrons. The fourth-order valence-electron chi connectivity index (χ4n) is 2.37. The van der Waals surface area contributed by atoms with Gasteiger partial charge in [0, 0.05) is 18.3 Å². The Labute approximate surface area is 115 Å². The number of nitrogens with one attached hydrogen (secondary N) is 1. The zero-order chi connectivity index (χ0) is 14.8. The van der Waals surface area contributed by atoms with E-state index in [1.54, 1.807) is 26.0 Å². The summed E-state index contributed by atoms with van der Waals surface area (Å²) in [6.07, 6.45) is 0. The number of aryl methyl sites for hydroxylation is 2. The molecule has 0 unspecified atom stereocenters. The van der Waals surface area contributed by atoms with Crippen LogP contribution < -0.4 is 11.3 Å². The Morgan fingerprint density at radius 1 is 1.26 bits per heavy atom. The smallest absolute Gasteiger partial charge is 0.243 e. The maximum absolute atomic E-state index is 12.7. The highest BCUT2D eigenvalue weighted by atomic mass is 32.2. The summed E-state index contributed by atoms with van der Waals surface area (Å²) >= 11 is 0. The lowest BCUT2D eigenvalue weighted by molar-refractivity contribution is 0.368. The first-order chi connectivity index (χ1) is 8.75. The molecule has 0 atom stereocenters. The van der Waals surface area contributed by atoms with Crippen molar-refractivity contribution in [3.8, 4) is 0 Å². The van der Waals surface area contributed by atoms with Crippen LogP contribution in [0.5, 0.6) is 0 Å². The number of nitrogens with two attached hydrogens (primary N) is 1. The lowest BCUT2D eigenvalue weighted by atomic mass is 10.1. The Balaban J connectivity index is 3.45. The summed E-state index contributed by atoms with van der Waals surface area (Å²) in [5.74, 6) is 5.37. The van der Waals surface area contributed by atoms with E-state index in [0.29, 0.717) is 28.3 Å². The Hall–Kier alpha value is -1.11. The van der Waals surface area contributed by atoms with Crippen LogP contribution in [0.2, 0.25) is 0 Å². The number of nitrogen functional groups attached to an aromatic ring is 1. The number of hydrazine groups is 1. The van der Waals surface area contributed by atoms with Gasteiger partial charge in [-0.05, 0) is 51.0 Å². The van der Waals surface area contributed by atoms with Crippen molar-refractivity contribution in [2.75, 3.05) is 12.0 Å². The van der Waals surface area contributed by atoms with Crippen molar-refractivity contribution in [3.05, 3.63) is 23.3 Å². The number of rotatable bonds is 5. The van der Waals surface area contributed by atoms with Crippen molar-refractivity contribution in [3.63, 3.8) is 0 Å². The van der Waals surface area contributed by atoms with Gasteiger partial charge in [0.15, 0.2) is 0 Å². The predicted octanol–water partition coefficient (Wildman–Crippen LogP) is 2.01. The summed E-state index contributed by atoms with van der Waals surface area (Å²) in [7, 11) is -3.47. The van der Waals surface area contributed by atoms with Crippen molar-refractivity contribution in [1.29, 1.82) is 0 Å². The molecule has 0 saturated carbocycles. The van der Waals surface area contributed by atoms with Crippen LogP contribution in [0.3, 0.4) is 0 Å². The molecule has 0 aliphatic rings. The quantitative estimate of drug-likeness (QED) is 0.641. The normalized spacial score (nSPS) is 12.2. The minimum atomic E-state index is -3.47. The highest BCUT2D eigenvalue weighted by Gasteiger charge is 2.28. The summed E-state index contributed by atoms with van der Waals surface area (Å²) in [6, 6.07) is 3.42. The lowest BCUT2D eigenvalue weighted by Crippen LogP contribution is -2.37. The summed E-state index contributed by atoms with van der Waals surface area (Å²) in [4.78, 5) is 0.377. The number of benzene rings is 1. The summed E-state index contributed by atoms with van der Waals surface area (Å²) in [5.41, 5.74) is 4.66.